The number of carbonyl (C=O) groups is 2. The number of rotatable bonds is 8. The number of anilines is 1. The topological polar surface area (TPSA) is 124 Å². The highest BCUT2D eigenvalue weighted by molar-refractivity contribution is 7.13. The summed E-state index contributed by atoms with van der Waals surface area (Å²) in [6.07, 6.45) is 0.595. The first-order valence-corrected chi connectivity index (χ1v) is 16.3. The second kappa shape index (κ2) is 12.4. The van der Waals surface area contributed by atoms with Gasteiger partial charge in [-0.15, -0.1) is 11.3 Å². The number of nitrogens with zero attached hydrogens (tertiary/aromatic N) is 4. The van der Waals surface area contributed by atoms with E-state index in [0.717, 1.165) is 60.1 Å². The third-order valence-corrected chi connectivity index (χ3v) is 10.4. The van der Waals surface area contributed by atoms with Crippen molar-refractivity contribution in [3.63, 3.8) is 0 Å². The summed E-state index contributed by atoms with van der Waals surface area (Å²) in [5.74, 6) is 1.35. The summed E-state index contributed by atoms with van der Waals surface area (Å²) in [5, 5.41) is 21.5. The van der Waals surface area contributed by atoms with Crippen molar-refractivity contribution < 1.29 is 19.2 Å². The molecule has 0 saturated carbocycles. The van der Waals surface area contributed by atoms with Crippen LogP contribution in [0.5, 0.6) is 0 Å². The molecule has 0 aliphatic carbocycles. The van der Waals surface area contributed by atoms with E-state index in [4.69, 9.17) is 4.52 Å². The van der Waals surface area contributed by atoms with Crippen molar-refractivity contribution in [3.8, 4) is 10.4 Å². The molecule has 6 rings (SSSR count). The minimum atomic E-state index is -0.767. The largest absolute Gasteiger partial charge is 0.391 e. The molecule has 3 aliphatic rings. The first-order chi connectivity index (χ1) is 20.7. The number of carbonyl (C=O) groups excluding carboxylic acids is 2. The molecule has 3 saturated heterocycles. The zero-order valence-electron chi connectivity index (χ0n) is 25.3. The molecule has 5 heterocycles. The number of fused-ring (bicyclic) bond motifs is 1. The zero-order chi connectivity index (χ0) is 30.2. The molecular weight excluding hydrogens is 564 g/mol. The first kappa shape index (κ1) is 29.8. The van der Waals surface area contributed by atoms with Crippen LogP contribution in [-0.2, 0) is 9.59 Å². The number of aliphatic hydroxyl groups excluding tert-OH is 1. The summed E-state index contributed by atoms with van der Waals surface area (Å²) in [5.41, 5.74) is 4.89. The van der Waals surface area contributed by atoms with Crippen molar-refractivity contribution in [1.82, 2.24) is 25.7 Å². The van der Waals surface area contributed by atoms with Crippen LogP contribution in [0.2, 0.25) is 0 Å². The normalized spacial score (nSPS) is 25.2. The molecule has 2 aromatic heterocycles. The summed E-state index contributed by atoms with van der Waals surface area (Å²) in [6.45, 7) is 11.9. The van der Waals surface area contributed by atoms with E-state index in [0.29, 0.717) is 17.6 Å². The summed E-state index contributed by atoms with van der Waals surface area (Å²) < 4.78 is 5.80. The van der Waals surface area contributed by atoms with Gasteiger partial charge in [-0.05, 0) is 62.2 Å². The van der Waals surface area contributed by atoms with Crippen LogP contribution >= 0.6 is 11.3 Å². The third-order valence-electron chi connectivity index (χ3n) is 9.40. The summed E-state index contributed by atoms with van der Waals surface area (Å²) >= 11 is 1.60. The molecule has 3 N–H and O–H groups in total. The van der Waals surface area contributed by atoms with Gasteiger partial charge in [-0.2, -0.15) is 0 Å². The minimum Gasteiger partial charge on any atom is -0.391 e. The second-order valence-corrected chi connectivity index (χ2v) is 13.6. The second-order valence-electron chi connectivity index (χ2n) is 12.7. The Bertz CT molecular complexity index is 1420. The molecule has 2 amide bonds. The molecule has 10 nitrogen and oxygen atoms in total. The molecule has 0 radical (unpaired) electrons. The molecule has 0 spiro atoms. The number of β-amino-alcohol motifs (C(OH)–C–C–N with tert-alkyl or cyclic N) is 1. The Morgan fingerprint density at radius 3 is 2.60 bits per heavy atom. The van der Waals surface area contributed by atoms with Gasteiger partial charge in [-0.25, -0.2) is 4.98 Å². The Morgan fingerprint density at radius 2 is 1.91 bits per heavy atom. The maximum absolute atomic E-state index is 14.0. The predicted molar refractivity (Wildman–Crippen MR) is 166 cm³/mol. The van der Waals surface area contributed by atoms with Gasteiger partial charge >= 0.3 is 0 Å². The molecule has 2 unspecified atom stereocenters. The number of hydrogen-bond donors (Lipinski definition) is 3. The Balaban J connectivity index is 1.14. The zero-order valence-corrected chi connectivity index (χ0v) is 26.1. The van der Waals surface area contributed by atoms with Crippen LogP contribution in [0, 0.1) is 24.7 Å². The molecule has 230 valence electrons. The van der Waals surface area contributed by atoms with Gasteiger partial charge in [0.05, 0.1) is 28.2 Å². The van der Waals surface area contributed by atoms with Crippen LogP contribution in [0.1, 0.15) is 62.6 Å². The SMILES string of the molecule is Cc1ncsc1-c1ccc(C(C)NC(=O)[C@@H]2C[C@@H](O)CN2C(=O)C(c2cc(N3C[C@H]4CNCC[C@H]4C3)no2)C(C)C)cc1. The quantitative estimate of drug-likeness (QED) is 0.355. The Hall–Kier alpha value is -3.28. The molecule has 3 fully saturated rings. The third kappa shape index (κ3) is 6.07. The maximum Gasteiger partial charge on any atom is 0.243 e. The number of hydrogen-bond acceptors (Lipinski definition) is 9. The number of aryl methyl sites for hydroxylation is 1. The van der Waals surface area contributed by atoms with Gasteiger partial charge in [0.15, 0.2) is 11.6 Å². The highest BCUT2D eigenvalue weighted by Gasteiger charge is 2.44. The summed E-state index contributed by atoms with van der Waals surface area (Å²) in [4.78, 5) is 36.8. The molecule has 6 atom stereocenters. The average Bonchev–Trinajstić information content (AvgIpc) is 3.79. The van der Waals surface area contributed by atoms with Crippen molar-refractivity contribution >= 4 is 29.0 Å². The molecule has 0 bridgehead atoms. The van der Waals surface area contributed by atoms with Crippen molar-refractivity contribution in [2.45, 2.75) is 64.6 Å². The van der Waals surface area contributed by atoms with E-state index in [-0.39, 0.29) is 36.7 Å². The number of nitrogens with one attached hydrogen (secondary N) is 2. The van der Waals surface area contributed by atoms with Crippen LogP contribution < -0.4 is 15.5 Å². The van der Waals surface area contributed by atoms with Gasteiger partial charge in [0, 0.05) is 32.1 Å². The van der Waals surface area contributed by atoms with Gasteiger partial charge in [-0.3, -0.25) is 9.59 Å². The molecular formula is C32H42N6O4S. The number of amides is 2. The Labute approximate surface area is 256 Å². The van der Waals surface area contributed by atoms with Gasteiger partial charge in [0.1, 0.15) is 12.0 Å². The number of aromatic nitrogens is 2. The van der Waals surface area contributed by atoms with Gasteiger partial charge in [0.2, 0.25) is 11.8 Å². The fourth-order valence-electron chi connectivity index (χ4n) is 6.95. The highest BCUT2D eigenvalue weighted by atomic mass is 32.1. The lowest BCUT2D eigenvalue weighted by Crippen LogP contribution is -2.48. The van der Waals surface area contributed by atoms with Crippen molar-refractivity contribution in [2.24, 2.45) is 17.8 Å². The molecule has 11 heteroatoms. The Kier molecular flexibility index (Phi) is 8.57. The van der Waals surface area contributed by atoms with E-state index < -0.39 is 18.1 Å². The van der Waals surface area contributed by atoms with E-state index >= 15 is 0 Å². The van der Waals surface area contributed by atoms with Crippen LogP contribution in [-0.4, -0.2) is 76.8 Å². The fraction of sp³-hybridized carbons (Fsp3) is 0.562. The van der Waals surface area contributed by atoms with E-state index in [1.807, 2.05) is 63.5 Å². The van der Waals surface area contributed by atoms with E-state index in [1.54, 1.807) is 11.3 Å². The molecule has 3 aromatic rings. The molecule has 1 aromatic carbocycles. The van der Waals surface area contributed by atoms with Gasteiger partial charge < -0.3 is 30.1 Å². The van der Waals surface area contributed by atoms with E-state index in [9.17, 15) is 14.7 Å². The lowest BCUT2D eigenvalue weighted by molar-refractivity contribution is -0.141. The first-order valence-electron chi connectivity index (χ1n) is 15.4. The molecule has 43 heavy (non-hydrogen) atoms. The summed E-state index contributed by atoms with van der Waals surface area (Å²) in [7, 11) is 0. The fourth-order valence-corrected chi connectivity index (χ4v) is 7.76. The average molecular weight is 607 g/mol. The van der Waals surface area contributed by atoms with Crippen LogP contribution in [0.15, 0.2) is 40.4 Å². The van der Waals surface area contributed by atoms with E-state index in [2.05, 4.69) is 25.7 Å². The minimum absolute atomic E-state index is 0.0836. The monoisotopic (exact) mass is 606 g/mol. The van der Waals surface area contributed by atoms with Gasteiger partial charge in [0.25, 0.3) is 0 Å². The highest BCUT2D eigenvalue weighted by Crippen LogP contribution is 2.36. The van der Waals surface area contributed by atoms with Crippen molar-refractivity contribution in [2.75, 3.05) is 37.6 Å². The number of aliphatic hydroxyl groups is 1. The van der Waals surface area contributed by atoms with Crippen LogP contribution in [0.25, 0.3) is 10.4 Å². The number of thiazole rings is 1. The number of benzene rings is 1. The smallest absolute Gasteiger partial charge is 0.243 e. The van der Waals surface area contributed by atoms with E-state index in [1.165, 1.54) is 4.90 Å². The van der Waals surface area contributed by atoms with Crippen LogP contribution in [0.3, 0.4) is 0 Å². The van der Waals surface area contributed by atoms with Crippen molar-refractivity contribution in [3.05, 3.63) is 52.9 Å². The number of piperidine rings is 1. The lowest BCUT2D eigenvalue weighted by atomic mass is 9.90. The lowest BCUT2D eigenvalue weighted by Gasteiger charge is -2.29. The standard InChI is InChI=1S/C32H42N6O4S/c1-18(2)29(27-12-28(36-42-27)37-14-23-9-10-33-13-24(23)15-37)32(41)38-16-25(39)11-26(38)31(40)35-19(3)21-5-7-22(8-6-21)30-20(4)34-17-43-30/h5-8,12,17-19,23-26,29,33,39H,9-11,13-16H2,1-4H3,(H,35,40)/t19?,23-,24+,25+,26-,29?/m0/s1. The van der Waals surface area contributed by atoms with Gasteiger partial charge in [-0.1, -0.05) is 43.3 Å². The Morgan fingerprint density at radius 1 is 1.14 bits per heavy atom. The maximum atomic E-state index is 14.0. The predicted octanol–water partition coefficient (Wildman–Crippen LogP) is 3.73. The number of likely N-dealkylation sites (tertiary alicyclic amines) is 1. The summed E-state index contributed by atoms with van der Waals surface area (Å²) in [6, 6.07) is 8.97. The van der Waals surface area contributed by atoms with Crippen molar-refractivity contribution in [1.29, 1.82) is 0 Å². The van der Waals surface area contributed by atoms with Crippen LogP contribution in [0.4, 0.5) is 5.82 Å². The molecule has 3 aliphatic heterocycles.